The van der Waals surface area contributed by atoms with Crippen LogP contribution in [0.25, 0.3) is 5.69 Å². The highest BCUT2D eigenvalue weighted by Crippen LogP contribution is 2.25. The molecule has 3 rings (SSSR count). The van der Waals surface area contributed by atoms with E-state index in [2.05, 4.69) is 10.1 Å². The second kappa shape index (κ2) is 8.09. The van der Waals surface area contributed by atoms with Gasteiger partial charge in [0.15, 0.2) is 5.69 Å². The van der Waals surface area contributed by atoms with Gasteiger partial charge in [-0.05, 0) is 26.0 Å². The van der Waals surface area contributed by atoms with E-state index in [9.17, 15) is 14.9 Å². The largest absolute Gasteiger partial charge is 0.496 e. The van der Waals surface area contributed by atoms with Crippen LogP contribution in [-0.4, -0.2) is 44.7 Å². The van der Waals surface area contributed by atoms with Crippen molar-refractivity contribution in [3.8, 4) is 11.4 Å². The lowest BCUT2D eigenvalue weighted by Gasteiger charge is -2.18. The highest BCUT2D eigenvalue weighted by atomic mass is 16.6. The quantitative estimate of drug-likeness (QED) is 0.469. The number of non-ortho nitro benzene ring substituents is 1. The van der Waals surface area contributed by atoms with Crippen LogP contribution < -0.4 is 4.74 Å². The molecule has 2 heterocycles. The number of nitro benzene ring substituents is 1. The number of amides is 1. The van der Waals surface area contributed by atoms with Gasteiger partial charge in [-0.2, -0.15) is 5.10 Å². The molecule has 0 atom stereocenters. The normalized spacial score (nSPS) is 10.6. The first-order chi connectivity index (χ1) is 13.8. The average molecular weight is 395 g/mol. The topological polar surface area (TPSA) is 103 Å². The van der Waals surface area contributed by atoms with Crippen LogP contribution in [0.4, 0.5) is 5.69 Å². The molecule has 0 aliphatic rings. The van der Waals surface area contributed by atoms with Gasteiger partial charge in [0.1, 0.15) is 5.75 Å². The zero-order chi connectivity index (χ0) is 21.1. The molecule has 0 aliphatic heterocycles. The van der Waals surface area contributed by atoms with Crippen LogP contribution in [0, 0.1) is 24.0 Å². The fourth-order valence-electron chi connectivity index (χ4n) is 3.05. The average Bonchev–Trinajstić information content (AvgIpc) is 3.20. The predicted molar refractivity (Wildman–Crippen MR) is 106 cm³/mol. The van der Waals surface area contributed by atoms with Gasteiger partial charge in [-0.15, -0.1) is 0 Å². The number of hydrogen-bond acceptors (Lipinski definition) is 6. The predicted octanol–water partition coefficient (Wildman–Crippen LogP) is 3.07. The molecule has 0 spiro atoms. The summed E-state index contributed by atoms with van der Waals surface area (Å²) in [5, 5.41) is 15.2. The van der Waals surface area contributed by atoms with Crippen molar-refractivity contribution < 1.29 is 14.5 Å². The molecule has 9 heteroatoms. The van der Waals surface area contributed by atoms with Crippen molar-refractivity contribution in [2.24, 2.45) is 0 Å². The molecule has 0 radical (unpaired) electrons. The molecule has 0 saturated heterocycles. The molecule has 0 bridgehead atoms. The number of methoxy groups -OCH3 is 1. The van der Waals surface area contributed by atoms with Crippen LogP contribution in [0.2, 0.25) is 0 Å². The van der Waals surface area contributed by atoms with Gasteiger partial charge in [-0.1, -0.05) is 6.07 Å². The third kappa shape index (κ3) is 4.08. The summed E-state index contributed by atoms with van der Waals surface area (Å²) in [6, 6.07) is 7.63. The number of carbonyl (C=O) groups excluding carboxylic acids is 1. The molecule has 3 aromatic rings. The molecule has 2 aromatic heterocycles. The number of pyridine rings is 1. The number of nitro groups is 1. The van der Waals surface area contributed by atoms with Crippen LogP contribution in [0.3, 0.4) is 0 Å². The minimum absolute atomic E-state index is 0.0436. The van der Waals surface area contributed by atoms with E-state index in [1.165, 1.54) is 21.7 Å². The lowest BCUT2D eigenvalue weighted by Crippen LogP contribution is -2.27. The Balaban J connectivity index is 1.80. The second-order valence-electron chi connectivity index (χ2n) is 6.63. The van der Waals surface area contributed by atoms with Gasteiger partial charge in [0.25, 0.3) is 11.6 Å². The summed E-state index contributed by atoms with van der Waals surface area (Å²) in [4.78, 5) is 29.2. The lowest BCUT2D eigenvalue weighted by atomic mass is 10.1. The molecular formula is C20H21N5O4. The maximum Gasteiger partial charge on any atom is 0.274 e. The Labute approximate surface area is 167 Å². The fourth-order valence-corrected chi connectivity index (χ4v) is 3.05. The van der Waals surface area contributed by atoms with Crippen LogP contribution >= 0.6 is 0 Å². The summed E-state index contributed by atoms with van der Waals surface area (Å²) in [5.74, 6) is 0.473. The van der Waals surface area contributed by atoms with E-state index < -0.39 is 4.92 Å². The zero-order valence-corrected chi connectivity index (χ0v) is 16.6. The third-order valence-corrected chi connectivity index (χ3v) is 4.60. The number of hydrogen-bond donors (Lipinski definition) is 0. The first kappa shape index (κ1) is 20.0. The van der Waals surface area contributed by atoms with E-state index in [0.717, 1.165) is 22.6 Å². The van der Waals surface area contributed by atoms with Gasteiger partial charge in [-0.3, -0.25) is 19.9 Å². The SMILES string of the molecule is COc1c(C)cnc(CN(C)C(=O)c2ccn(-c3cccc([N+](=O)[O-])c3)n2)c1C. The smallest absolute Gasteiger partial charge is 0.274 e. The number of ether oxygens (including phenoxy) is 1. The Bertz CT molecular complexity index is 1080. The molecule has 29 heavy (non-hydrogen) atoms. The van der Waals surface area contributed by atoms with E-state index in [0.29, 0.717) is 12.2 Å². The standard InChI is InChI=1S/C20H21N5O4/c1-13-11-21-18(14(2)19(13)29-4)12-23(3)20(26)17-8-9-24(22-17)15-6-5-7-16(10-15)25(27)28/h5-11H,12H2,1-4H3. The third-order valence-electron chi connectivity index (χ3n) is 4.60. The van der Waals surface area contributed by atoms with Gasteiger partial charge < -0.3 is 9.64 Å². The van der Waals surface area contributed by atoms with Crippen LogP contribution in [-0.2, 0) is 6.54 Å². The van der Waals surface area contributed by atoms with E-state index in [-0.39, 0.29) is 17.3 Å². The monoisotopic (exact) mass is 395 g/mol. The lowest BCUT2D eigenvalue weighted by molar-refractivity contribution is -0.384. The van der Waals surface area contributed by atoms with Crippen LogP contribution in [0.5, 0.6) is 5.75 Å². The maximum absolute atomic E-state index is 12.8. The van der Waals surface area contributed by atoms with Crippen molar-refractivity contribution in [3.05, 3.63) is 75.4 Å². The Kier molecular flexibility index (Phi) is 5.58. The molecule has 0 unspecified atom stereocenters. The summed E-state index contributed by atoms with van der Waals surface area (Å²) < 4.78 is 6.85. The van der Waals surface area contributed by atoms with Crippen molar-refractivity contribution in [1.82, 2.24) is 19.7 Å². The highest BCUT2D eigenvalue weighted by Gasteiger charge is 2.19. The van der Waals surface area contributed by atoms with E-state index >= 15 is 0 Å². The van der Waals surface area contributed by atoms with E-state index in [1.807, 2.05) is 13.8 Å². The Hall–Kier alpha value is -3.75. The Morgan fingerprint density at radius 1 is 1.31 bits per heavy atom. The molecule has 0 aliphatic carbocycles. The summed E-state index contributed by atoms with van der Waals surface area (Å²) in [6.07, 6.45) is 3.31. The number of nitrogens with zero attached hydrogens (tertiary/aromatic N) is 5. The Morgan fingerprint density at radius 2 is 2.07 bits per heavy atom. The minimum Gasteiger partial charge on any atom is -0.496 e. The molecule has 0 N–H and O–H groups in total. The number of aromatic nitrogens is 3. The van der Waals surface area contributed by atoms with Gasteiger partial charge in [0.2, 0.25) is 0 Å². The summed E-state index contributed by atoms with van der Waals surface area (Å²) in [6.45, 7) is 4.12. The van der Waals surface area contributed by atoms with Crippen molar-refractivity contribution in [1.29, 1.82) is 0 Å². The highest BCUT2D eigenvalue weighted by molar-refractivity contribution is 5.92. The molecular weight excluding hydrogens is 374 g/mol. The second-order valence-corrected chi connectivity index (χ2v) is 6.63. The number of benzene rings is 1. The van der Waals surface area contributed by atoms with Crippen molar-refractivity contribution in [2.75, 3.05) is 14.2 Å². The van der Waals surface area contributed by atoms with Crippen molar-refractivity contribution in [3.63, 3.8) is 0 Å². The van der Waals surface area contributed by atoms with Crippen LogP contribution in [0.1, 0.15) is 27.3 Å². The minimum atomic E-state index is -0.474. The fraction of sp³-hybridized carbons (Fsp3) is 0.250. The molecule has 0 saturated carbocycles. The van der Waals surface area contributed by atoms with E-state index in [1.54, 1.807) is 44.8 Å². The van der Waals surface area contributed by atoms with E-state index in [4.69, 9.17) is 4.74 Å². The number of aryl methyl sites for hydroxylation is 1. The Morgan fingerprint density at radius 3 is 2.76 bits per heavy atom. The van der Waals surface area contributed by atoms with Gasteiger partial charge in [0.05, 0.1) is 30.0 Å². The first-order valence-corrected chi connectivity index (χ1v) is 8.87. The molecule has 1 aromatic carbocycles. The van der Waals surface area contributed by atoms with Gasteiger partial charge in [-0.25, -0.2) is 4.68 Å². The van der Waals surface area contributed by atoms with Gasteiger partial charge >= 0.3 is 0 Å². The molecule has 150 valence electrons. The van der Waals surface area contributed by atoms with Crippen molar-refractivity contribution >= 4 is 11.6 Å². The maximum atomic E-state index is 12.8. The number of carbonyl (C=O) groups is 1. The number of rotatable bonds is 6. The summed E-state index contributed by atoms with van der Waals surface area (Å²) in [5.41, 5.74) is 3.24. The molecule has 1 amide bonds. The molecule has 9 nitrogen and oxygen atoms in total. The van der Waals surface area contributed by atoms with Crippen molar-refractivity contribution in [2.45, 2.75) is 20.4 Å². The van der Waals surface area contributed by atoms with Crippen LogP contribution in [0.15, 0.2) is 42.7 Å². The zero-order valence-electron chi connectivity index (χ0n) is 16.6. The molecule has 0 fully saturated rings. The summed E-state index contributed by atoms with van der Waals surface area (Å²) >= 11 is 0. The summed E-state index contributed by atoms with van der Waals surface area (Å²) in [7, 11) is 3.27. The first-order valence-electron chi connectivity index (χ1n) is 8.87. The van der Waals surface area contributed by atoms with Gasteiger partial charge in [0, 0.05) is 42.7 Å².